The van der Waals surface area contributed by atoms with Crippen molar-refractivity contribution in [3.63, 3.8) is 0 Å². The Morgan fingerprint density at radius 3 is 2.51 bits per heavy atom. The summed E-state index contributed by atoms with van der Waals surface area (Å²) in [5.74, 6) is -1.47. The molecule has 0 radical (unpaired) electrons. The molecule has 0 spiro atoms. The van der Waals surface area contributed by atoms with Gasteiger partial charge in [-0.2, -0.15) is 13.2 Å². The number of allylic oxidation sites excluding steroid dienone is 1. The lowest BCUT2D eigenvalue weighted by Crippen LogP contribution is -2.56. The van der Waals surface area contributed by atoms with E-state index in [0.29, 0.717) is 20.3 Å². The number of nitrogens with zero attached hydrogens (tertiary/aromatic N) is 1. The summed E-state index contributed by atoms with van der Waals surface area (Å²) in [4.78, 5) is 37.2. The number of carbonyl (C=O) groups is 3. The van der Waals surface area contributed by atoms with E-state index >= 15 is 0 Å². The van der Waals surface area contributed by atoms with Crippen LogP contribution in [0.25, 0.3) is 0 Å². The Morgan fingerprint density at radius 1 is 1.30 bits per heavy atom. The van der Waals surface area contributed by atoms with Gasteiger partial charge in [0.25, 0.3) is 0 Å². The van der Waals surface area contributed by atoms with Crippen LogP contribution in [0.2, 0.25) is 0 Å². The first-order valence-corrected chi connectivity index (χ1v) is 12.2. The van der Waals surface area contributed by atoms with Gasteiger partial charge in [-0.05, 0) is 54.6 Å². The van der Waals surface area contributed by atoms with Crippen molar-refractivity contribution in [2.75, 3.05) is 26.8 Å². The van der Waals surface area contributed by atoms with Crippen molar-refractivity contribution in [1.29, 1.82) is 0 Å². The van der Waals surface area contributed by atoms with Crippen LogP contribution in [0, 0.1) is 3.57 Å². The summed E-state index contributed by atoms with van der Waals surface area (Å²) in [6.07, 6.45) is -5.35. The molecule has 3 N–H and O–H groups in total. The molecule has 13 heteroatoms. The number of hydrogen-bond acceptors (Lipinski definition) is 7. The van der Waals surface area contributed by atoms with Gasteiger partial charge in [-0.1, -0.05) is 5.57 Å². The van der Waals surface area contributed by atoms with E-state index in [4.69, 9.17) is 14.6 Å². The van der Waals surface area contributed by atoms with E-state index in [1.54, 1.807) is 0 Å². The highest BCUT2D eigenvalue weighted by molar-refractivity contribution is 14.1. The van der Waals surface area contributed by atoms with E-state index in [0.717, 1.165) is 6.08 Å². The highest BCUT2D eigenvalue weighted by Crippen LogP contribution is 2.37. The first-order valence-electron chi connectivity index (χ1n) is 11.1. The summed E-state index contributed by atoms with van der Waals surface area (Å²) in [5.41, 5.74) is 0.685. The standard InChI is InChI=1S/C24H28F3IN2O7/c1-13(2)6-20(33)30(12-24(25,26)27)17-9-15(23(35)29-4-5-31)10-18(21(17)34)37-22-16(28)7-14(11-32)8-19(22)36-3/h6-8,10-11,17-18,21,31,34H,4-5,9,12H2,1-3H3,(H,29,35). The number of ether oxygens (including phenoxy) is 2. The van der Waals surface area contributed by atoms with Crippen LogP contribution in [0.5, 0.6) is 11.5 Å². The average molecular weight is 640 g/mol. The lowest BCUT2D eigenvalue weighted by atomic mass is 9.88. The van der Waals surface area contributed by atoms with Gasteiger partial charge in [0.15, 0.2) is 11.5 Å². The molecule has 2 rings (SSSR count). The Morgan fingerprint density at radius 2 is 1.97 bits per heavy atom. The van der Waals surface area contributed by atoms with Crippen molar-refractivity contribution >= 4 is 40.7 Å². The summed E-state index contributed by atoms with van der Waals surface area (Å²) in [7, 11) is 1.32. The molecular formula is C24H28F3IN2O7. The van der Waals surface area contributed by atoms with Crippen molar-refractivity contribution in [2.45, 2.75) is 44.7 Å². The van der Waals surface area contributed by atoms with E-state index in [1.807, 2.05) is 22.6 Å². The van der Waals surface area contributed by atoms with Gasteiger partial charge in [0.05, 0.1) is 23.3 Å². The fourth-order valence-electron chi connectivity index (χ4n) is 3.72. The number of aliphatic hydroxyl groups excluding tert-OH is 2. The minimum atomic E-state index is -4.79. The SMILES string of the molecule is COc1cc(C=O)cc(I)c1OC1C=C(C(=O)NCCO)CC(N(CC(F)(F)F)C(=O)C=C(C)C)C1O. The number of methoxy groups -OCH3 is 1. The molecule has 3 atom stereocenters. The third kappa shape index (κ3) is 8.43. The third-order valence-corrected chi connectivity index (χ3v) is 6.10. The Labute approximate surface area is 225 Å². The maximum Gasteiger partial charge on any atom is 0.406 e. The zero-order chi connectivity index (χ0) is 27.9. The highest BCUT2D eigenvalue weighted by atomic mass is 127. The molecule has 0 aromatic heterocycles. The number of amides is 2. The zero-order valence-corrected chi connectivity index (χ0v) is 22.5. The maximum atomic E-state index is 13.5. The molecule has 3 unspecified atom stereocenters. The predicted molar refractivity (Wildman–Crippen MR) is 135 cm³/mol. The molecular weight excluding hydrogens is 612 g/mol. The topological polar surface area (TPSA) is 125 Å². The Bertz CT molecular complexity index is 1070. The quantitative estimate of drug-likeness (QED) is 0.204. The molecule has 2 amide bonds. The van der Waals surface area contributed by atoms with Gasteiger partial charge in [0, 0.05) is 30.2 Å². The molecule has 9 nitrogen and oxygen atoms in total. The normalized spacial score (nSPS) is 19.4. The molecule has 0 bridgehead atoms. The molecule has 0 saturated carbocycles. The number of alkyl halides is 3. The van der Waals surface area contributed by atoms with E-state index in [1.165, 1.54) is 39.2 Å². The van der Waals surface area contributed by atoms with Crippen molar-refractivity contribution in [3.8, 4) is 11.5 Å². The van der Waals surface area contributed by atoms with Gasteiger partial charge in [-0.15, -0.1) is 0 Å². The minimum Gasteiger partial charge on any atom is -0.493 e. The Kier molecular flexibility index (Phi) is 10.9. The van der Waals surface area contributed by atoms with Gasteiger partial charge in [-0.25, -0.2) is 0 Å². The predicted octanol–water partition coefficient (Wildman–Crippen LogP) is 2.38. The van der Waals surface area contributed by atoms with Crippen LogP contribution in [0.4, 0.5) is 13.2 Å². The van der Waals surface area contributed by atoms with Crippen molar-refractivity contribution in [2.24, 2.45) is 0 Å². The number of halogens is 4. The van der Waals surface area contributed by atoms with Crippen molar-refractivity contribution in [1.82, 2.24) is 10.2 Å². The van der Waals surface area contributed by atoms with Crippen LogP contribution in [0.15, 0.2) is 35.4 Å². The monoisotopic (exact) mass is 640 g/mol. The molecule has 1 aromatic rings. The van der Waals surface area contributed by atoms with E-state index < -0.39 is 49.2 Å². The largest absolute Gasteiger partial charge is 0.493 e. The Balaban J connectivity index is 2.58. The summed E-state index contributed by atoms with van der Waals surface area (Å²) >= 11 is 1.86. The summed E-state index contributed by atoms with van der Waals surface area (Å²) in [6.45, 7) is 0.930. The Hall–Kier alpha value is -2.65. The molecule has 0 saturated heterocycles. The van der Waals surface area contributed by atoms with Crippen LogP contribution in [-0.4, -0.2) is 84.4 Å². The molecule has 0 aliphatic heterocycles. The number of rotatable bonds is 10. The first-order chi connectivity index (χ1) is 17.3. The highest BCUT2D eigenvalue weighted by Gasteiger charge is 2.44. The average Bonchev–Trinajstić information content (AvgIpc) is 2.82. The number of benzene rings is 1. The van der Waals surface area contributed by atoms with Gasteiger partial charge in [0.1, 0.15) is 25.0 Å². The van der Waals surface area contributed by atoms with Crippen LogP contribution in [0.1, 0.15) is 30.6 Å². The van der Waals surface area contributed by atoms with Crippen LogP contribution < -0.4 is 14.8 Å². The minimum absolute atomic E-state index is 0.0376. The van der Waals surface area contributed by atoms with Gasteiger partial charge < -0.3 is 29.9 Å². The van der Waals surface area contributed by atoms with Crippen LogP contribution in [0.3, 0.4) is 0 Å². The van der Waals surface area contributed by atoms with E-state index in [-0.39, 0.29) is 35.8 Å². The summed E-state index contributed by atoms with van der Waals surface area (Å²) in [5, 5.41) is 22.6. The maximum absolute atomic E-state index is 13.5. The number of nitrogens with one attached hydrogen (secondary N) is 1. The lowest BCUT2D eigenvalue weighted by molar-refractivity contribution is -0.169. The number of hydrogen-bond donors (Lipinski definition) is 3. The van der Waals surface area contributed by atoms with Gasteiger partial charge >= 0.3 is 6.18 Å². The van der Waals surface area contributed by atoms with Crippen molar-refractivity contribution in [3.05, 3.63) is 44.6 Å². The van der Waals surface area contributed by atoms with Crippen LogP contribution >= 0.6 is 22.6 Å². The second kappa shape index (κ2) is 13.2. The molecule has 1 aliphatic rings. The van der Waals surface area contributed by atoms with E-state index in [2.05, 4.69) is 5.32 Å². The summed E-state index contributed by atoms with van der Waals surface area (Å²) in [6, 6.07) is 1.38. The van der Waals surface area contributed by atoms with Gasteiger partial charge in [-0.3, -0.25) is 14.4 Å². The fourth-order valence-corrected chi connectivity index (χ4v) is 4.47. The molecule has 1 aliphatic carbocycles. The van der Waals surface area contributed by atoms with Crippen LogP contribution in [-0.2, 0) is 9.59 Å². The van der Waals surface area contributed by atoms with Gasteiger partial charge in [0.2, 0.25) is 11.8 Å². The zero-order valence-electron chi connectivity index (χ0n) is 20.3. The molecule has 0 fully saturated rings. The lowest BCUT2D eigenvalue weighted by Gasteiger charge is -2.40. The second-order valence-corrected chi connectivity index (χ2v) is 9.63. The molecule has 0 heterocycles. The second-order valence-electron chi connectivity index (χ2n) is 8.47. The smallest absolute Gasteiger partial charge is 0.406 e. The molecule has 1 aromatic carbocycles. The number of carbonyl (C=O) groups excluding carboxylic acids is 3. The number of aliphatic hydroxyl groups is 2. The fraction of sp³-hybridized carbons (Fsp3) is 0.458. The van der Waals surface area contributed by atoms with Crippen molar-refractivity contribution < 1.29 is 47.2 Å². The molecule has 204 valence electrons. The molecule has 37 heavy (non-hydrogen) atoms. The number of aldehydes is 1. The third-order valence-electron chi connectivity index (χ3n) is 5.30. The van der Waals surface area contributed by atoms with E-state index in [9.17, 15) is 32.7 Å². The first kappa shape index (κ1) is 30.6. The summed E-state index contributed by atoms with van der Waals surface area (Å²) < 4.78 is 52.1.